The number of ether oxygens (including phenoxy) is 1. The van der Waals surface area contributed by atoms with E-state index in [4.69, 9.17) is 4.74 Å². The van der Waals surface area contributed by atoms with Gasteiger partial charge in [0.2, 0.25) is 0 Å². The molecular formula is C15H31NO2. The molecule has 2 N–H and O–H groups in total. The number of nitrogens with one attached hydrogen (secondary N) is 1. The fourth-order valence-electron chi connectivity index (χ4n) is 2.57. The Labute approximate surface area is 112 Å². The van der Waals surface area contributed by atoms with Crippen LogP contribution in [0.25, 0.3) is 0 Å². The van der Waals surface area contributed by atoms with Gasteiger partial charge in [0.15, 0.2) is 0 Å². The van der Waals surface area contributed by atoms with Gasteiger partial charge in [-0.05, 0) is 43.9 Å². The zero-order valence-electron chi connectivity index (χ0n) is 12.3. The molecule has 1 aliphatic rings. The van der Waals surface area contributed by atoms with Gasteiger partial charge in [-0.1, -0.05) is 20.8 Å². The van der Waals surface area contributed by atoms with Gasteiger partial charge in [-0.15, -0.1) is 0 Å². The minimum Gasteiger partial charge on any atom is -0.389 e. The van der Waals surface area contributed by atoms with E-state index in [1.165, 1.54) is 25.7 Å². The summed E-state index contributed by atoms with van der Waals surface area (Å²) in [5, 5.41) is 13.2. The fraction of sp³-hybridized carbons (Fsp3) is 1.00. The Bertz CT molecular complexity index is 209. The highest BCUT2D eigenvalue weighted by Gasteiger charge is 2.21. The van der Waals surface area contributed by atoms with E-state index in [9.17, 15) is 5.11 Å². The Balaban J connectivity index is 1.92. The highest BCUT2D eigenvalue weighted by Crippen LogP contribution is 2.24. The molecule has 3 nitrogen and oxygen atoms in total. The lowest BCUT2D eigenvalue weighted by Gasteiger charge is -2.16. The van der Waals surface area contributed by atoms with E-state index in [-0.39, 0.29) is 6.10 Å². The summed E-state index contributed by atoms with van der Waals surface area (Å²) < 4.78 is 5.49. The molecule has 0 aromatic rings. The quantitative estimate of drug-likeness (QED) is 0.624. The lowest BCUT2D eigenvalue weighted by atomic mass is 10.1. The van der Waals surface area contributed by atoms with E-state index >= 15 is 0 Å². The summed E-state index contributed by atoms with van der Waals surface area (Å²) >= 11 is 0. The average molecular weight is 257 g/mol. The molecule has 1 fully saturated rings. The largest absolute Gasteiger partial charge is 0.389 e. The van der Waals surface area contributed by atoms with E-state index < -0.39 is 0 Å². The van der Waals surface area contributed by atoms with E-state index in [0.717, 1.165) is 24.9 Å². The standard InChI is InChI=1S/C15H31NO2/c1-12(2)5-4-8-18-11-15(17)10-16-14-7-6-13(3)9-14/h12-17H,4-11H2,1-3H3. The summed E-state index contributed by atoms with van der Waals surface area (Å²) in [4.78, 5) is 0. The Morgan fingerprint density at radius 1 is 1.33 bits per heavy atom. The van der Waals surface area contributed by atoms with Crippen LogP contribution in [0.4, 0.5) is 0 Å². The second-order valence-corrected chi connectivity index (χ2v) is 6.29. The third-order valence-corrected chi connectivity index (χ3v) is 3.72. The third-order valence-electron chi connectivity index (χ3n) is 3.72. The van der Waals surface area contributed by atoms with Crippen molar-refractivity contribution in [3.05, 3.63) is 0 Å². The normalized spacial score (nSPS) is 25.8. The molecule has 108 valence electrons. The number of hydrogen-bond acceptors (Lipinski definition) is 3. The smallest absolute Gasteiger partial charge is 0.0897 e. The molecule has 0 heterocycles. The summed E-state index contributed by atoms with van der Waals surface area (Å²) in [5.41, 5.74) is 0. The summed E-state index contributed by atoms with van der Waals surface area (Å²) in [6, 6.07) is 0.607. The molecule has 18 heavy (non-hydrogen) atoms. The van der Waals surface area contributed by atoms with Gasteiger partial charge < -0.3 is 15.2 Å². The molecule has 1 saturated carbocycles. The van der Waals surface area contributed by atoms with Crippen LogP contribution in [0.2, 0.25) is 0 Å². The van der Waals surface area contributed by atoms with Crippen LogP contribution < -0.4 is 5.32 Å². The molecule has 0 aliphatic heterocycles. The molecule has 1 aliphatic carbocycles. The average Bonchev–Trinajstić information content (AvgIpc) is 2.71. The van der Waals surface area contributed by atoms with Crippen molar-refractivity contribution >= 4 is 0 Å². The van der Waals surface area contributed by atoms with Crippen LogP contribution in [0.5, 0.6) is 0 Å². The third kappa shape index (κ3) is 7.34. The van der Waals surface area contributed by atoms with Crippen molar-refractivity contribution in [1.29, 1.82) is 0 Å². The van der Waals surface area contributed by atoms with Crippen LogP contribution in [0.15, 0.2) is 0 Å². The van der Waals surface area contributed by atoms with Gasteiger partial charge in [0.25, 0.3) is 0 Å². The van der Waals surface area contributed by atoms with Gasteiger partial charge in [0, 0.05) is 19.2 Å². The molecule has 0 aromatic heterocycles. The lowest BCUT2D eigenvalue weighted by molar-refractivity contribution is 0.0335. The lowest BCUT2D eigenvalue weighted by Crippen LogP contribution is -2.36. The molecule has 0 aromatic carbocycles. The molecule has 0 spiro atoms. The van der Waals surface area contributed by atoms with Crippen LogP contribution in [0.3, 0.4) is 0 Å². The van der Waals surface area contributed by atoms with Gasteiger partial charge in [-0.3, -0.25) is 0 Å². The molecule has 0 bridgehead atoms. The number of aliphatic hydroxyl groups is 1. The van der Waals surface area contributed by atoms with Gasteiger partial charge in [-0.2, -0.15) is 0 Å². The summed E-state index contributed by atoms with van der Waals surface area (Å²) in [6.07, 6.45) is 5.76. The molecule has 1 rings (SSSR count). The number of aliphatic hydroxyl groups excluding tert-OH is 1. The van der Waals surface area contributed by atoms with Gasteiger partial charge in [-0.25, -0.2) is 0 Å². The van der Waals surface area contributed by atoms with Crippen molar-refractivity contribution < 1.29 is 9.84 Å². The first-order valence-electron chi connectivity index (χ1n) is 7.57. The Kier molecular flexibility index (Phi) is 7.87. The van der Waals surface area contributed by atoms with Crippen LogP contribution >= 0.6 is 0 Å². The first-order valence-corrected chi connectivity index (χ1v) is 7.57. The topological polar surface area (TPSA) is 41.5 Å². The number of hydrogen-bond donors (Lipinski definition) is 2. The minimum atomic E-state index is -0.361. The summed E-state index contributed by atoms with van der Waals surface area (Å²) in [5.74, 6) is 1.58. The zero-order chi connectivity index (χ0) is 13.4. The van der Waals surface area contributed by atoms with E-state index in [2.05, 4.69) is 26.1 Å². The van der Waals surface area contributed by atoms with E-state index in [1.54, 1.807) is 0 Å². The van der Waals surface area contributed by atoms with Crippen LogP contribution in [0, 0.1) is 11.8 Å². The SMILES string of the molecule is CC(C)CCCOCC(O)CNC1CCC(C)C1. The molecule has 3 heteroatoms. The molecule has 3 atom stereocenters. The summed E-state index contributed by atoms with van der Waals surface area (Å²) in [6.45, 7) is 8.66. The highest BCUT2D eigenvalue weighted by molar-refractivity contribution is 4.79. The second kappa shape index (κ2) is 8.89. The molecule has 0 saturated heterocycles. The van der Waals surface area contributed by atoms with Gasteiger partial charge in [0.1, 0.15) is 0 Å². The van der Waals surface area contributed by atoms with Crippen molar-refractivity contribution in [2.75, 3.05) is 19.8 Å². The zero-order valence-corrected chi connectivity index (χ0v) is 12.3. The van der Waals surface area contributed by atoms with E-state index in [0.29, 0.717) is 19.2 Å². The molecular weight excluding hydrogens is 226 g/mol. The van der Waals surface area contributed by atoms with Crippen molar-refractivity contribution in [3.63, 3.8) is 0 Å². The maximum atomic E-state index is 9.80. The first-order chi connectivity index (χ1) is 8.58. The highest BCUT2D eigenvalue weighted by atomic mass is 16.5. The molecule has 3 unspecified atom stereocenters. The van der Waals surface area contributed by atoms with Crippen molar-refractivity contribution in [2.45, 2.75) is 65.0 Å². The monoisotopic (exact) mass is 257 g/mol. The van der Waals surface area contributed by atoms with Crippen LogP contribution in [-0.2, 0) is 4.74 Å². The Hall–Kier alpha value is -0.120. The first kappa shape index (κ1) is 15.9. The van der Waals surface area contributed by atoms with Gasteiger partial charge in [0.05, 0.1) is 12.7 Å². The van der Waals surface area contributed by atoms with Crippen molar-refractivity contribution in [3.8, 4) is 0 Å². The Morgan fingerprint density at radius 3 is 2.72 bits per heavy atom. The van der Waals surface area contributed by atoms with Crippen LogP contribution in [-0.4, -0.2) is 37.0 Å². The molecule has 0 amide bonds. The van der Waals surface area contributed by atoms with E-state index in [1.807, 2.05) is 0 Å². The van der Waals surface area contributed by atoms with Crippen molar-refractivity contribution in [1.82, 2.24) is 5.32 Å². The fourth-order valence-corrected chi connectivity index (χ4v) is 2.57. The second-order valence-electron chi connectivity index (χ2n) is 6.29. The summed E-state index contributed by atoms with van der Waals surface area (Å²) in [7, 11) is 0. The maximum Gasteiger partial charge on any atom is 0.0897 e. The number of rotatable bonds is 9. The predicted molar refractivity (Wildman–Crippen MR) is 75.7 cm³/mol. The van der Waals surface area contributed by atoms with Gasteiger partial charge >= 0.3 is 0 Å². The maximum absolute atomic E-state index is 9.80. The van der Waals surface area contributed by atoms with Crippen LogP contribution in [0.1, 0.15) is 52.9 Å². The van der Waals surface area contributed by atoms with Crippen molar-refractivity contribution in [2.24, 2.45) is 11.8 Å². The predicted octanol–water partition coefficient (Wildman–Crippen LogP) is 2.58. The minimum absolute atomic E-state index is 0.361. The molecule has 0 radical (unpaired) electrons. The Morgan fingerprint density at radius 2 is 2.11 bits per heavy atom.